The summed E-state index contributed by atoms with van der Waals surface area (Å²) in [6, 6.07) is 18.8. The molecule has 0 N–H and O–H groups in total. The molecule has 4 aromatic rings. The molecule has 1 heterocycles. The molecule has 0 saturated heterocycles. The van der Waals surface area contributed by atoms with Gasteiger partial charge in [-0.15, -0.1) is 0 Å². The third-order valence-electron chi connectivity index (χ3n) is 7.18. The second-order valence-electron chi connectivity index (χ2n) is 8.75. The molecule has 156 valence electrons. The molecular weight excluding hydrogens is 371 g/mol. The van der Waals surface area contributed by atoms with E-state index in [0.29, 0.717) is 5.56 Å². The number of hydrogen-bond donors (Lipinski definition) is 0. The number of rotatable bonds is 5. The monoisotopic (exact) mass is 402 g/mol. The van der Waals surface area contributed by atoms with Crippen molar-refractivity contribution in [3.8, 4) is 0 Å². The van der Waals surface area contributed by atoms with E-state index in [1.165, 1.54) is 27.4 Å². The van der Waals surface area contributed by atoms with Crippen LogP contribution >= 0.6 is 0 Å². The molecule has 0 amide bonds. The van der Waals surface area contributed by atoms with Crippen molar-refractivity contribution in [3.63, 3.8) is 0 Å². The predicted molar refractivity (Wildman–Crippen MR) is 128 cm³/mol. The Balaban J connectivity index is 1.83. The van der Waals surface area contributed by atoms with E-state index in [1.54, 1.807) is 13.0 Å². The van der Waals surface area contributed by atoms with Crippen LogP contribution in [0.15, 0.2) is 54.6 Å². The normalized spacial score (nSPS) is 12.1. The third-order valence-corrected chi connectivity index (χ3v) is 7.18. The van der Waals surface area contributed by atoms with Gasteiger partial charge in [-0.3, -0.25) is 0 Å². The molecule has 0 bridgehead atoms. The van der Waals surface area contributed by atoms with Gasteiger partial charge in [-0.05, 0) is 66.6 Å². The summed E-state index contributed by atoms with van der Waals surface area (Å²) in [5, 5.41) is 2.53. The number of hydrogen-bond acceptors (Lipinski definition) is 1. The van der Waals surface area contributed by atoms with Gasteiger partial charge in [0.25, 0.3) is 0 Å². The molecule has 0 aliphatic rings. The lowest BCUT2D eigenvalue weighted by atomic mass is 9.77. The summed E-state index contributed by atoms with van der Waals surface area (Å²) in [6.07, 6.45) is 2.25. The molecule has 0 atom stereocenters. The fourth-order valence-electron chi connectivity index (χ4n) is 4.37. The maximum atomic E-state index is 14.1. The number of benzene rings is 3. The van der Waals surface area contributed by atoms with Gasteiger partial charge >= 0.3 is 0 Å². The zero-order valence-corrected chi connectivity index (χ0v) is 18.9. The van der Waals surface area contributed by atoms with E-state index in [4.69, 9.17) is 0 Å². The van der Waals surface area contributed by atoms with Gasteiger partial charge in [-0.2, -0.15) is 0 Å². The molecule has 0 unspecified atom stereocenters. The number of anilines is 2. The lowest BCUT2D eigenvalue weighted by molar-refractivity contribution is 0.439. The van der Waals surface area contributed by atoms with Crippen molar-refractivity contribution in [1.82, 2.24) is 4.57 Å². The molecule has 0 aliphatic carbocycles. The highest BCUT2D eigenvalue weighted by Gasteiger charge is 2.23. The highest BCUT2D eigenvalue weighted by atomic mass is 19.1. The Morgan fingerprint density at radius 1 is 0.867 bits per heavy atom. The molecule has 3 heteroatoms. The van der Waals surface area contributed by atoms with Crippen molar-refractivity contribution in [1.29, 1.82) is 0 Å². The average Bonchev–Trinajstić information content (AvgIpc) is 3.05. The van der Waals surface area contributed by atoms with Crippen molar-refractivity contribution in [2.24, 2.45) is 7.05 Å². The fourth-order valence-corrected chi connectivity index (χ4v) is 4.37. The van der Waals surface area contributed by atoms with E-state index in [1.807, 2.05) is 24.1 Å². The van der Waals surface area contributed by atoms with Crippen molar-refractivity contribution >= 4 is 33.2 Å². The number of aryl methyl sites for hydroxylation is 2. The minimum absolute atomic E-state index is 0.174. The van der Waals surface area contributed by atoms with Gasteiger partial charge < -0.3 is 9.47 Å². The Kier molecular flexibility index (Phi) is 5.09. The fraction of sp³-hybridized carbons (Fsp3) is 0.333. The minimum Gasteiger partial charge on any atom is -0.344 e. The Hall–Kier alpha value is -2.81. The summed E-state index contributed by atoms with van der Waals surface area (Å²) in [7, 11) is 4.12. The topological polar surface area (TPSA) is 8.17 Å². The minimum atomic E-state index is -0.174. The van der Waals surface area contributed by atoms with Crippen LogP contribution in [-0.2, 0) is 12.5 Å². The quantitative estimate of drug-likeness (QED) is 0.333. The first-order valence-electron chi connectivity index (χ1n) is 10.8. The summed E-state index contributed by atoms with van der Waals surface area (Å²) in [5.41, 5.74) is 6.61. The number of aromatic nitrogens is 1. The van der Waals surface area contributed by atoms with Crippen molar-refractivity contribution in [3.05, 3.63) is 71.5 Å². The Bertz CT molecular complexity index is 1230. The predicted octanol–water partition coefficient (Wildman–Crippen LogP) is 7.62. The maximum absolute atomic E-state index is 14.1. The van der Waals surface area contributed by atoms with Gasteiger partial charge in [0.05, 0.1) is 5.52 Å². The third kappa shape index (κ3) is 3.17. The van der Waals surface area contributed by atoms with Gasteiger partial charge in [0.1, 0.15) is 5.82 Å². The lowest BCUT2D eigenvalue weighted by Gasteiger charge is -2.27. The van der Waals surface area contributed by atoms with Crippen molar-refractivity contribution in [2.45, 2.75) is 46.0 Å². The van der Waals surface area contributed by atoms with Crippen LogP contribution in [0, 0.1) is 12.7 Å². The number of halogens is 1. The van der Waals surface area contributed by atoms with Gasteiger partial charge in [-0.25, -0.2) is 4.39 Å². The lowest BCUT2D eigenvalue weighted by Crippen LogP contribution is -2.19. The zero-order valence-electron chi connectivity index (χ0n) is 18.9. The Morgan fingerprint density at radius 3 is 2.07 bits per heavy atom. The van der Waals surface area contributed by atoms with Crippen LogP contribution in [0.1, 0.15) is 44.7 Å². The molecule has 4 rings (SSSR count). The largest absolute Gasteiger partial charge is 0.344 e. The summed E-state index contributed by atoms with van der Waals surface area (Å²) < 4.78 is 16.4. The molecule has 0 spiro atoms. The van der Waals surface area contributed by atoms with E-state index >= 15 is 0 Å². The molecule has 30 heavy (non-hydrogen) atoms. The Morgan fingerprint density at radius 2 is 1.43 bits per heavy atom. The van der Waals surface area contributed by atoms with Crippen LogP contribution < -0.4 is 4.90 Å². The SMILES string of the molecule is CCC(C)(CC)c1ccc2c3ccc(N(C)c4ccc(C)c(F)c4)cc3n(C)c2c1. The summed E-state index contributed by atoms with van der Waals surface area (Å²) in [4.78, 5) is 2.04. The van der Waals surface area contributed by atoms with Crippen LogP contribution in [0.4, 0.5) is 15.8 Å². The van der Waals surface area contributed by atoms with Gasteiger partial charge in [0, 0.05) is 41.8 Å². The first kappa shape index (κ1) is 20.5. The van der Waals surface area contributed by atoms with Crippen LogP contribution in [-0.4, -0.2) is 11.6 Å². The van der Waals surface area contributed by atoms with Crippen LogP contribution in [0.2, 0.25) is 0 Å². The van der Waals surface area contributed by atoms with Crippen LogP contribution in [0.3, 0.4) is 0 Å². The second-order valence-corrected chi connectivity index (χ2v) is 8.75. The van der Waals surface area contributed by atoms with Crippen molar-refractivity contribution < 1.29 is 4.39 Å². The molecule has 0 saturated carbocycles. The number of nitrogens with zero attached hydrogens (tertiary/aromatic N) is 2. The van der Waals surface area contributed by atoms with E-state index in [2.05, 4.69) is 68.8 Å². The Labute approximate surface area is 178 Å². The summed E-state index contributed by atoms with van der Waals surface area (Å²) in [6.45, 7) is 8.68. The van der Waals surface area contributed by atoms with Crippen LogP contribution in [0.25, 0.3) is 21.8 Å². The van der Waals surface area contributed by atoms with Gasteiger partial charge in [-0.1, -0.05) is 45.0 Å². The van der Waals surface area contributed by atoms with Gasteiger partial charge in [0.15, 0.2) is 0 Å². The highest BCUT2D eigenvalue weighted by Crippen LogP contribution is 2.37. The van der Waals surface area contributed by atoms with E-state index in [0.717, 1.165) is 24.2 Å². The van der Waals surface area contributed by atoms with Crippen molar-refractivity contribution in [2.75, 3.05) is 11.9 Å². The first-order chi connectivity index (χ1) is 14.3. The molecule has 3 aromatic carbocycles. The van der Waals surface area contributed by atoms with E-state index in [-0.39, 0.29) is 11.2 Å². The standard InChI is InChI=1S/C27H31FN2/c1-7-27(4,8-2)19-10-13-22-23-14-12-21(17-26(23)30(6)25(22)15-19)29(5)20-11-9-18(3)24(28)16-20/h9-17H,7-8H2,1-6H3. The van der Waals surface area contributed by atoms with E-state index in [9.17, 15) is 4.39 Å². The zero-order chi connectivity index (χ0) is 21.6. The smallest absolute Gasteiger partial charge is 0.128 e. The van der Waals surface area contributed by atoms with Gasteiger partial charge in [0.2, 0.25) is 0 Å². The number of fused-ring (bicyclic) bond motifs is 3. The molecule has 2 nitrogen and oxygen atoms in total. The summed E-state index contributed by atoms with van der Waals surface area (Å²) >= 11 is 0. The molecule has 0 radical (unpaired) electrons. The molecular formula is C27H31FN2. The van der Waals surface area contributed by atoms with Crippen LogP contribution in [0.5, 0.6) is 0 Å². The second kappa shape index (κ2) is 7.46. The first-order valence-corrected chi connectivity index (χ1v) is 10.8. The molecule has 0 aliphatic heterocycles. The molecule has 0 fully saturated rings. The summed E-state index contributed by atoms with van der Waals surface area (Å²) in [5.74, 6) is -0.174. The highest BCUT2D eigenvalue weighted by molar-refractivity contribution is 6.09. The maximum Gasteiger partial charge on any atom is 0.128 e. The molecule has 1 aromatic heterocycles. The van der Waals surface area contributed by atoms with E-state index < -0.39 is 0 Å². The average molecular weight is 403 g/mol.